The van der Waals surface area contributed by atoms with Crippen LogP contribution < -0.4 is 0 Å². The van der Waals surface area contributed by atoms with E-state index in [9.17, 15) is 24.0 Å². The summed E-state index contributed by atoms with van der Waals surface area (Å²) in [6.45, 7) is 25.7. The molecule has 2 unspecified atom stereocenters. The van der Waals surface area contributed by atoms with Crippen LogP contribution in [-0.4, -0.2) is 74.2 Å². The van der Waals surface area contributed by atoms with Crippen LogP contribution in [0, 0.1) is 26.7 Å². The van der Waals surface area contributed by atoms with Gasteiger partial charge in [-0.3, -0.25) is 44.7 Å². The Morgan fingerprint density at radius 1 is 0.596 bits per heavy atom. The Kier molecular flexibility index (Phi) is 52.9. The number of ether oxygens (including phenoxy) is 4. The van der Waals surface area contributed by atoms with Gasteiger partial charge in [0.25, 0.3) is 0 Å². The summed E-state index contributed by atoms with van der Waals surface area (Å²) in [6.07, 6.45) is 22.2. The first-order valence-electron chi connectivity index (χ1n) is 19.7. The van der Waals surface area contributed by atoms with Gasteiger partial charge >= 0.3 is 5.97 Å². The van der Waals surface area contributed by atoms with Crippen molar-refractivity contribution in [2.45, 2.75) is 177 Å². The maximum atomic E-state index is 11.0. The molecule has 0 bridgehead atoms. The number of carbonyl (C=O) groups is 5. The van der Waals surface area contributed by atoms with E-state index in [-0.39, 0.29) is 45.0 Å². The molecule has 0 aliphatic carbocycles. The number of carbonyl (C=O) groups excluding carboxylic acids is 5. The molecule has 11 heteroatoms. The number of methoxy groups -OCH3 is 1. The molecule has 2 atom stereocenters. The minimum Gasteiger partial charge on any atom is -0.488 e. The van der Waals surface area contributed by atoms with Gasteiger partial charge in [0.2, 0.25) is 5.91 Å². The zero-order valence-corrected chi connectivity index (χ0v) is 37.5. The number of likely N-dealkylation sites (tertiary alicyclic amines) is 1. The van der Waals surface area contributed by atoms with E-state index in [1.54, 1.807) is 4.90 Å². The van der Waals surface area contributed by atoms with Crippen molar-refractivity contribution in [3.05, 3.63) is 20.8 Å². The molecule has 1 amide bonds. The van der Waals surface area contributed by atoms with Crippen LogP contribution in [0.2, 0.25) is 0 Å². The van der Waals surface area contributed by atoms with E-state index < -0.39 is 17.9 Å². The minimum atomic E-state index is -0.526. The number of hydrogen-bond donors (Lipinski definition) is 0. The summed E-state index contributed by atoms with van der Waals surface area (Å²) in [5.74, 6) is -1.20. The zero-order chi connectivity index (χ0) is 39.7. The van der Waals surface area contributed by atoms with Gasteiger partial charge in [0.1, 0.15) is 6.10 Å². The van der Waals surface area contributed by atoms with Gasteiger partial charge in [-0.1, -0.05) is 138 Å². The fourth-order valence-corrected chi connectivity index (χ4v) is 4.80. The molecule has 0 radical (unpaired) electrons. The predicted octanol–water partition coefficient (Wildman–Crippen LogP) is 9.61. The second-order valence-corrected chi connectivity index (χ2v) is 12.5. The Hall–Kier alpha value is -2.35. The Balaban J connectivity index is -0.000000185. The van der Waals surface area contributed by atoms with Crippen molar-refractivity contribution in [3.63, 3.8) is 0 Å². The topological polar surface area (TPSA) is 126 Å². The molecule has 1 rings (SSSR count). The van der Waals surface area contributed by atoms with Crippen LogP contribution >= 0.6 is 0 Å². The molecule has 0 aromatic carbocycles. The Labute approximate surface area is 334 Å². The Morgan fingerprint density at radius 3 is 1.27 bits per heavy atom. The minimum absolute atomic E-state index is 0. The molecule has 1 aliphatic rings. The number of hydrogen-bond acceptors (Lipinski definition) is 9. The predicted molar refractivity (Wildman–Crippen MR) is 207 cm³/mol. The van der Waals surface area contributed by atoms with Gasteiger partial charge in [-0.2, -0.15) is 0 Å². The van der Waals surface area contributed by atoms with Crippen LogP contribution in [0.25, 0.3) is 0 Å². The van der Waals surface area contributed by atoms with Gasteiger partial charge in [-0.15, -0.1) is 0 Å². The van der Waals surface area contributed by atoms with Crippen molar-refractivity contribution in [3.8, 4) is 0 Å². The van der Waals surface area contributed by atoms with Gasteiger partial charge < -0.3 is 23.8 Å². The van der Waals surface area contributed by atoms with Gasteiger partial charge in [-0.05, 0) is 19.3 Å². The van der Waals surface area contributed by atoms with Crippen molar-refractivity contribution in [2.24, 2.45) is 5.92 Å². The van der Waals surface area contributed by atoms with E-state index in [1.807, 2.05) is 20.8 Å². The summed E-state index contributed by atoms with van der Waals surface area (Å²) in [5.41, 5.74) is 0. The Morgan fingerprint density at radius 2 is 0.962 bits per heavy atom. The number of nitrogens with zero attached hydrogens (tertiary/aromatic N) is 1. The van der Waals surface area contributed by atoms with Crippen molar-refractivity contribution in [2.75, 3.05) is 33.4 Å². The van der Waals surface area contributed by atoms with E-state index in [0.29, 0.717) is 32.7 Å². The van der Waals surface area contributed by atoms with Crippen molar-refractivity contribution >= 4 is 29.8 Å². The fourth-order valence-electron chi connectivity index (χ4n) is 4.80. The standard InChI is InChI=1S/C10H20O2.2C10H19O2.C9H14NO3.C2H6.W/c1-3-4-5-6-7-8-9-10(11)12-2;2*1-3-4-5-6-7-8-9-12-10(2)11;1-6-4-10(7(2)11)5-9(6)13-8(3)12;1-2;/h3-9H2,1-2H3;2*2-9H2,1H3;6,9H,3-5H2,1-2H3;1-2H3;/q;3*-1;;. The summed E-state index contributed by atoms with van der Waals surface area (Å²) in [5, 5.41) is 0. The summed E-state index contributed by atoms with van der Waals surface area (Å²) in [6, 6.07) is 0. The van der Waals surface area contributed by atoms with Crippen LogP contribution in [0.3, 0.4) is 0 Å². The first-order chi connectivity index (χ1) is 24.4. The third kappa shape index (κ3) is 49.8. The SMILES string of the molecule is CC.CCCCCCCCC(=O)OC.[CH2-]C(=O)OC1CN(C(C)=O)CC1C.[CH2-]C(=O)OCCCCCCCC.[CH2-]C(=O)OCCCCCCCC.[W]. The van der Waals surface area contributed by atoms with Crippen LogP contribution in [0.5, 0.6) is 0 Å². The van der Waals surface area contributed by atoms with Crippen LogP contribution in [0.1, 0.15) is 170 Å². The van der Waals surface area contributed by atoms with Crippen LogP contribution in [-0.2, 0) is 64.0 Å². The van der Waals surface area contributed by atoms with E-state index >= 15 is 0 Å². The monoisotopic (exact) mass is 913 g/mol. The smallest absolute Gasteiger partial charge is 0.305 e. The maximum Gasteiger partial charge on any atom is 0.305 e. The molecular weight excluding hydrogens is 834 g/mol. The van der Waals surface area contributed by atoms with Gasteiger partial charge in [0.15, 0.2) is 17.9 Å². The molecule has 0 aromatic rings. The second kappa shape index (κ2) is 46.7. The van der Waals surface area contributed by atoms with E-state index in [4.69, 9.17) is 14.2 Å². The van der Waals surface area contributed by atoms with Crippen LogP contribution in [0.15, 0.2) is 0 Å². The third-order valence-electron chi connectivity index (χ3n) is 7.76. The van der Waals surface area contributed by atoms with Gasteiger partial charge in [0, 0.05) is 46.9 Å². The number of amides is 1. The van der Waals surface area contributed by atoms with E-state index in [1.165, 1.54) is 91.1 Å². The van der Waals surface area contributed by atoms with Gasteiger partial charge in [0.05, 0.1) is 26.9 Å². The summed E-state index contributed by atoms with van der Waals surface area (Å²) in [7, 11) is 1.44. The molecule has 10 nitrogen and oxygen atoms in total. The average molecular weight is 913 g/mol. The van der Waals surface area contributed by atoms with E-state index in [2.05, 4.69) is 46.3 Å². The summed E-state index contributed by atoms with van der Waals surface area (Å²) >= 11 is 0. The Bertz CT molecular complexity index is 798. The molecule has 0 saturated carbocycles. The second-order valence-electron chi connectivity index (χ2n) is 12.5. The van der Waals surface area contributed by atoms with Crippen molar-refractivity contribution in [1.82, 2.24) is 4.90 Å². The molecule has 52 heavy (non-hydrogen) atoms. The quantitative estimate of drug-likeness (QED) is 0.0452. The molecular formula is C41H78NO9W-3. The molecule has 1 saturated heterocycles. The summed E-state index contributed by atoms with van der Waals surface area (Å²) in [4.78, 5) is 54.4. The maximum absolute atomic E-state index is 11.0. The molecule has 0 N–H and O–H groups in total. The normalized spacial score (nSPS) is 13.7. The van der Waals surface area contributed by atoms with Crippen molar-refractivity contribution in [1.29, 1.82) is 0 Å². The van der Waals surface area contributed by atoms with E-state index in [0.717, 1.165) is 38.5 Å². The fraction of sp³-hybridized carbons (Fsp3) is 0.805. The average Bonchev–Trinajstić information content (AvgIpc) is 3.46. The van der Waals surface area contributed by atoms with Crippen LogP contribution in [0.4, 0.5) is 0 Å². The molecule has 0 aromatic heterocycles. The number of esters is 4. The van der Waals surface area contributed by atoms with Crippen molar-refractivity contribution < 1.29 is 64.0 Å². The third-order valence-corrected chi connectivity index (χ3v) is 7.76. The number of rotatable bonds is 22. The largest absolute Gasteiger partial charge is 0.488 e. The first kappa shape index (κ1) is 58.9. The molecule has 310 valence electrons. The number of unbranched alkanes of at least 4 members (excludes halogenated alkanes) is 15. The molecule has 1 fully saturated rings. The molecule has 1 heterocycles. The van der Waals surface area contributed by atoms with Gasteiger partial charge in [-0.25, -0.2) is 0 Å². The molecule has 1 aliphatic heterocycles. The first-order valence-corrected chi connectivity index (χ1v) is 19.7. The summed E-state index contributed by atoms with van der Waals surface area (Å²) < 4.78 is 18.9. The molecule has 0 spiro atoms. The zero-order valence-electron chi connectivity index (χ0n) is 34.6.